The number of carboxylic acids is 1. The van der Waals surface area contributed by atoms with E-state index >= 15 is 0 Å². The van der Waals surface area contributed by atoms with E-state index in [9.17, 15) is 4.79 Å². The number of carboxylic acid groups (broad SMARTS) is 1. The van der Waals surface area contributed by atoms with E-state index in [2.05, 4.69) is 22.6 Å². The number of likely N-dealkylation sites (N-methyl/N-ethyl adjacent to an activating group) is 1. The second kappa shape index (κ2) is 5.53. The minimum Gasteiger partial charge on any atom is -0.480 e. The fourth-order valence-electron chi connectivity index (χ4n) is 0.793. The van der Waals surface area contributed by atoms with E-state index in [4.69, 9.17) is 5.11 Å². The Bertz CT molecular complexity index is 189. The maximum Gasteiger partial charge on any atom is 0.321 e. The average molecular weight is 283 g/mol. The summed E-state index contributed by atoms with van der Waals surface area (Å²) in [4.78, 5) is 12.4. The van der Waals surface area contributed by atoms with Gasteiger partial charge in [-0.1, -0.05) is 6.08 Å². The highest BCUT2D eigenvalue weighted by atomic mass is 127. The Labute approximate surface area is 86.6 Å². The molecule has 0 saturated heterocycles. The topological polar surface area (TPSA) is 40.5 Å². The summed E-state index contributed by atoms with van der Waals surface area (Å²) < 4.78 is 1.08. The van der Waals surface area contributed by atoms with Gasteiger partial charge in [-0.25, -0.2) is 0 Å². The third-order valence-corrected chi connectivity index (χ3v) is 2.67. The molecule has 0 aliphatic rings. The maximum atomic E-state index is 10.7. The monoisotopic (exact) mass is 283 g/mol. The summed E-state index contributed by atoms with van der Waals surface area (Å²) in [6.07, 6.45) is 2.51. The molecule has 1 atom stereocenters. The van der Waals surface area contributed by atoms with Crippen molar-refractivity contribution in [2.75, 3.05) is 14.1 Å². The van der Waals surface area contributed by atoms with Crippen molar-refractivity contribution in [1.29, 1.82) is 0 Å². The predicted octanol–water partition coefficient (Wildman–Crippen LogP) is 1.73. The first kappa shape index (κ1) is 11.9. The molecule has 1 N–H and O–H groups in total. The minimum absolute atomic E-state index is 0.409. The molecule has 3 nitrogen and oxygen atoms in total. The third-order valence-electron chi connectivity index (χ3n) is 1.61. The number of allylic oxidation sites excluding steroid dienone is 1. The molecule has 0 saturated carbocycles. The summed E-state index contributed by atoms with van der Waals surface area (Å²) in [6.45, 7) is 1.91. The zero-order valence-corrected chi connectivity index (χ0v) is 9.70. The van der Waals surface area contributed by atoms with Crippen LogP contribution in [0.3, 0.4) is 0 Å². The average Bonchev–Trinajstić information content (AvgIpc) is 1.98. The predicted molar refractivity (Wildman–Crippen MR) is 57.5 cm³/mol. The SMILES string of the molecule is C/C=C(\I)C[C@@H](C(=O)O)N(C)C. The molecule has 0 aromatic heterocycles. The molecule has 0 unspecified atom stereocenters. The van der Waals surface area contributed by atoms with Gasteiger partial charge in [-0.2, -0.15) is 0 Å². The molecule has 0 aromatic carbocycles. The molecule has 0 rings (SSSR count). The van der Waals surface area contributed by atoms with Crippen LogP contribution < -0.4 is 0 Å². The van der Waals surface area contributed by atoms with Crippen molar-refractivity contribution in [3.8, 4) is 0 Å². The Morgan fingerprint density at radius 3 is 2.42 bits per heavy atom. The zero-order chi connectivity index (χ0) is 9.72. The maximum absolute atomic E-state index is 10.7. The summed E-state index contributed by atoms with van der Waals surface area (Å²) >= 11 is 2.16. The molecule has 0 radical (unpaired) electrons. The van der Waals surface area contributed by atoms with Gasteiger partial charge < -0.3 is 5.11 Å². The lowest BCUT2D eigenvalue weighted by Gasteiger charge is -2.19. The lowest BCUT2D eigenvalue weighted by atomic mass is 10.2. The molecule has 4 heteroatoms. The molecule has 0 heterocycles. The first-order chi connectivity index (χ1) is 5.49. The van der Waals surface area contributed by atoms with Gasteiger partial charge in [0.05, 0.1) is 0 Å². The Hall–Kier alpha value is -0.100. The first-order valence-electron chi connectivity index (χ1n) is 3.69. The van der Waals surface area contributed by atoms with Gasteiger partial charge in [-0.15, -0.1) is 0 Å². The van der Waals surface area contributed by atoms with Crippen molar-refractivity contribution < 1.29 is 9.90 Å². The summed E-state index contributed by atoms with van der Waals surface area (Å²) in [5, 5.41) is 8.82. The fourth-order valence-corrected chi connectivity index (χ4v) is 1.21. The molecule has 0 fully saturated rings. The van der Waals surface area contributed by atoms with Gasteiger partial charge in [0.25, 0.3) is 0 Å². The van der Waals surface area contributed by atoms with Gasteiger partial charge >= 0.3 is 5.97 Å². The molecule has 0 spiro atoms. The van der Waals surface area contributed by atoms with Crippen LogP contribution >= 0.6 is 22.6 Å². The molecule has 12 heavy (non-hydrogen) atoms. The summed E-state index contributed by atoms with van der Waals surface area (Å²) in [5.41, 5.74) is 0. The largest absolute Gasteiger partial charge is 0.480 e. The van der Waals surface area contributed by atoms with Crippen molar-refractivity contribution >= 4 is 28.6 Å². The highest BCUT2D eigenvalue weighted by Crippen LogP contribution is 2.15. The van der Waals surface area contributed by atoms with Gasteiger partial charge in [0.15, 0.2) is 0 Å². The van der Waals surface area contributed by atoms with Gasteiger partial charge in [0.2, 0.25) is 0 Å². The lowest BCUT2D eigenvalue weighted by Crippen LogP contribution is -2.35. The molecule has 0 aliphatic heterocycles. The van der Waals surface area contributed by atoms with Crippen LogP contribution in [-0.2, 0) is 4.79 Å². The van der Waals surface area contributed by atoms with Crippen LogP contribution in [0, 0.1) is 0 Å². The highest BCUT2D eigenvalue weighted by Gasteiger charge is 2.19. The minimum atomic E-state index is -0.768. The quantitative estimate of drug-likeness (QED) is 0.799. The Kier molecular flexibility index (Phi) is 5.48. The van der Waals surface area contributed by atoms with E-state index in [1.54, 1.807) is 19.0 Å². The van der Waals surface area contributed by atoms with Crippen molar-refractivity contribution in [3.63, 3.8) is 0 Å². The highest BCUT2D eigenvalue weighted by molar-refractivity contribution is 14.1. The number of halogens is 1. The Morgan fingerprint density at radius 1 is 1.67 bits per heavy atom. The molecular formula is C8H14INO2. The summed E-state index contributed by atoms with van der Waals surface area (Å²) in [6, 6.07) is -0.409. The normalized spacial score (nSPS) is 14.9. The van der Waals surface area contributed by atoms with Gasteiger partial charge in [-0.3, -0.25) is 9.69 Å². The van der Waals surface area contributed by atoms with Crippen LogP contribution in [0.2, 0.25) is 0 Å². The lowest BCUT2D eigenvalue weighted by molar-refractivity contribution is -0.142. The van der Waals surface area contributed by atoms with Crippen molar-refractivity contribution in [1.82, 2.24) is 4.90 Å². The van der Waals surface area contributed by atoms with Crippen LogP contribution in [-0.4, -0.2) is 36.1 Å². The molecule has 0 aromatic rings. The number of hydrogen-bond donors (Lipinski definition) is 1. The Balaban J connectivity index is 4.24. The van der Waals surface area contributed by atoms with E-state index in [1.165, 1.54) is 0 Å². The molecule has 70 valence electrons. The number of rotatable bonds is 4. The van der Waals surface area contributed by atoms with Crippen LogP contribution in [0.15, 0.2) is 9.66 Å². The summed E-state index contributed by atoms with van der Waals surface area (Å²) in [5.74, 6) is -0.768. The second-order valence-corrected chi connectivity index (χ2v) is 4.14. The smallest absolute Gasteiger partial charge is 0.321 e. The van der Waals surface area contributed by atoms with E-state index in [1.807, 2.05) is 13.0 Å². The van der Waals surface area contributed by atoms with E-state index < -0.39 is 12.0 Å². The third kappa shape index (κ3) is 4.06. The van der Waals surface area contributed by atoms with Crippen molar-refractivity contribution in [2.24, 2.45) is 0 Å². The van der Waals surface area contributed by atoms with Gasteiger partial charge in [0.1, 0.15) is 6.04 Å². The molecular weight excluding hydrogens is 269 g/mol. The molecule has 0 bridgehead atoms. The second-order valence-electron chi connectivity index (χ2n) is 2.76. The first-order valence-corrected chi connectivity index (χ1v) is 4.76. The van der Waals surface area contributed by atoms with Crippen LogP contribution in [0.25, 0.3) is 0 Å². The number of nitrogens with zero attached hydrogens (tertiary/aromatic N) is 1. The van der Waals surface area contributed by atoms with Crippen molar-refractivity contribution in [3.05, 3.63) is 9.66 Å². The standard InChI is InChI=1S/C8H14INO2/c1-4-6(9)5-7(8(11)12)10(2)3/h4,7H,5H2,1-3H3,(H,11,12)/b6-4-/t7-/m0/s1. The Morgan fingerprint density at radius 2 is 2.17 bits per heavy atom. The number of carbonyl (C=O) groups is 1. The molecule has 0 aliphatic carbocycles. The van der Waals surface area contributed by atoms with Gasteiger partial charge in [0, 0.05) is 6.42 Å². The number of aliphatic carboxylic acids is 1. The molecule has 0 amide bonds. The van der Waals surface area contributed by atoms with Crippen molar-refractivity contribution in [2.45, 2.75) is 19.4 Å². The van der Waals surface area contributed by atoms with Crippen LogP contribution in [0.5, 0.6) is 0 Å². The van der Waals surface area contributed by atoms with E-state index in [0.717, 1.165) is 3.58 Å². The summed E-state index contributed by atoms with van der Waals surface area (Å²) in [7, 11) is 3.55. The van der Waals surface area contributed by atoms with Gasteiger partial charge in [-0.05, 0) is 47.2 Å². The van der Waals surface area contributed by atoms with Crippen LogP contribution in [0.1, 0.15) is 13.3 Å². The fraction of sp³-hybridized carbons (Fsp3) is 0.625. The zero-order valence-electron chi connectivity index (χ0n) is 7.54. The van der Waals surface area contributed by atoms with E-state index in [-0.39, 0.29) is 0 Å². The van der Waals surface area contributed by atoms with Crippen LogP contribution in [0.4, 0.5) is 0 Å². The number of hydrogen-bond acceptors (Lipinski definition) is 2. The van der Waals surface area contributed by atoms with E-state index in [0.29, 0.717) is 6.42 Å².